The van der Waals surface area contributed by atoms with E-state index in [4.69, 9.17) is 5.73 Å². The minimum absolute atomic E-state index is 0.000345. The maximum absolute atomic E-state index is 13.5. The lowest BCUT2D eigenvalue weighted by Gasteiger charge is -2.21. The van der Waals surface area contributed by atoms with Gasteiger partial charge < -0.3 is 10.6 Å². The first-order chi connectivity index (χ1) is 14.2. The van der Waals surface area contributed by atoms with Crippen LogP contribution in [0.1, 0.15) is 36.8 Å². The highest BCUT2D eigenvalue weighted by Gasteiger charge is 2.24. The average molecular weight is 432 g/mol. The van der Waals surface area contributed by atoms with Crippen LogP contribution in [0.25, 0.3) is 5.69 Å². The van der Waals surface area contributed by atoms with Crippen molar-refractivity contribution in [2.24, 2.45) is 0 Å². The van der Waals surface area contributed by atoms with Gasteiger partial charge in [0, 0.05) is 19.8 Å². The first-order valence-corrected chi connectivity index (χ1v) is 10.3. The van der Waals surface area contributed by atoms with E-state index in [1.165, 1.54) is 23.9 Å². The Morgan fingerprint density at radius 1 is 1.00 bits per heavy atom. The van der Waals surface area contributed by atoms with E-state index in [1.807, 2.05) is 51.5 Å². The smallest absolute Gasteiger partial charge is 0.229 e. The zero-order valence-electron chi connectivity index (χ0n) is 17.9. The Kier molecular flexibility index (Phi) is 6.52. The molecule has 0 saturated carbocycles. The van der Waals surface area contributed by atoms with Crippen LogP contribution in [-0.2, 0) is 0 Å². The summed E-state index contributed by atoms with van der Waals surface area (Å²) in [6.07, 6.45) is 0. The first-order valence-electron chi connectivity index (χ1n) is 9.40. The van der Waals surface area contributed by atoms with Crippen LogP contribution in [0.15, 0.2) is 29.4 Å². The Morgan fingerprint density at radius 2 is 1.67 bits per heavy atom. The number of nitrogens with two attached hydrogens (primary N) is 1. The number of aromatic nitrogens is 6. The van der Waals surface area contributed by atoms with Crippen LogP contribution >= 0.6 is 11.8 Å². The molecule has 160 valence electrons. The third-order valence-corrected chi connectivity index (χ3v) is 5.63. The Morgan fingerprint density at radius 3 is 2.27 bits per heavy atom. The topological polar surface area (TPSA) is 102 Å². The van der Waals surface area contributed by atoms with Gasteiger partial charge in [0.15, 0.2) is 11.0 Å². The van der Waals surface area contributed by atoms with Crippen molar-refractivity contribution in [1.29, 1.82) is 0 Å². The molecule has 30 heavy (non-hydrogen) atoms. The van der Waals surface area contributed by atoms with E-state index in [2.05, 4.69) is 25.1 Å². The summed E-state index contributed by atoms with van der Waals surface area (Å²) in [5, 5.41) is 9.31. The van der Waals surface area contributed by atoms with Crippen molar-refractivity contribution in [2.75, 3.05) is 38.8 Å². The van der Waals surface area contributed by atoms with Crippen LogP contribution in [0, 0.1) is 5.82 Å². The van der Waals surface area contributed by atoms with Crippen molar-refractivity contribution in [2.45, 2.75) is 30.3 Å². The molecule has 9 nitrogen and oxygen atoms in total. The maximum atomic E-state index is 13.5. The average Bonchev–Trinajstić information content (AvgIpc) is 3.10. The number of hydrogen-bond acceptors (Lipinski definition) is 9. The molecule has 0 aliphatic rings. The summed E-state index contributed by atoms with van der Waals surface area (Å²) in [6.45, 7) is 4.01. The fourth-order valence-corrected chi connectivity index (χ4v) is 3.60. The molecule has 3 aromatic rings. The lowest BCUT2D eigenvalue weighted by Crippen LogP contribution is -2.20. The molecule has 0 aliphatic carbocycles. The number of anilines is 2. The lowest BCUT2D eigenvalue weighted by molar-refractivity contribution is 0.305. The lowest BCUT2D eigenvalue weighted by atomic mass is 10.2. The van der Waals surface area contributed by atoms with Gasteiger partial charge in [0.2, 0.25) is 11.9 Å². The molecule has 3 rings (SSSR count). The monoisotopic (exact) mass is 431 g/mol. The van der Waals surface area contributed by atoms with E-state index in [0.29, 0.717) is 16.9 Å². The Balaban J connectivity index is 2.01. The Labute approximate surface area is 179 Å². The fourth-order valence-electron chi connectivity index (χ4n) is 2.68. The number of rotatable bonds is 7. The van der Waals surface area contributed by atoms with Crippen molar-refractivity contribution < 1.29 is 4.39 Å². The summed E-state index contributed by atoms with van der Waals surface area (Å²) in [7, 11) is 7.63. The molecule has 0 spiro atoms. The van der Waals surface area contributed by atoms with Crippen LogP contribution in [0.5, 0.6) is 0 Å². The van der Waals surface area contributed by atoms with Crippen molar-refractivity contribution >= 4 is 23.7 Å². The predicted molar refractivity (Wildman–Crippen MR) is 116 cm³/mol. The molecule has 0 saturated heterocycles. The summed E-state index contributed by atoms with van der Waals surface area (Å²) < 4.78 is 15.4. The summed E-state index contributed by atoms with van der Waals surface area (Å²) in [5.74, 6) is 1.66. The standard InChI is InChI=1S/C19H26FN9S/c1-11(27(3)4)16-25-26-19(29(16)14-9-7-13(20)8-10-14)30-12(2)15-22-17(21)24-18(23-15)28(5)6/h7-12H,1-6H3,(H2,21,22,23,24)/t11-,12-/m1/s1. The highest BCUT2D eigenvalue weighted by molar-refractivity contribution is 7.99. The Hall–Kier alpha value is -2.79. The van der Waals surface area contributed by atoms with Crippen molar-refractivity contribution in [3.63, 3.8) is 0 Å². The number of nitrogens with zero attached hydrogens (tertiary/aromatic N) is 8. The zero-order chi connectivity index (χ0) is 22.0. The summed E-state index contributed by atoms with van der Waals surface area (Å²) in [6, 6.07) is 6.27. The van der Waals surface area contributed by atoms with Crippen molar-refractivity contribution in [1.82, 2.24) is 34.6 Å². The van der Waals surface area contributed by atoms with Crippen LogP contribution in [0.3, 0.4) is 0 Å². The van der Waals surface area contributed by atoms with E-state index in [9.17, 15) is 4.39 Å². The normalized spacial score (nSPS) is 13.5. The van der Waals surface area contributed by atoms with Crippen LogP contribution < -0.4 is 10.6 Å². The minimum Gasteiger partial charge on any atom is -0.368 e. The van der Waals surface area contributed by atoms with Crippen molar-refractivity contribution in [3.8, 4) is 5.69 Å². The van der Waals surface area contributed by atoms with Crippen molar-refractivity contribution in [3.05, 3.63) is 41.7 Å². The van der Waals surface area contributed by atoms with Gasteiger partial charge in [0.05, 0.1) is 11.3 Å². The molecule has 1 aromatic carbocycles. The SMILES string of the molecule is C[C@H](c1nnc(S[C@H](C)c2nc(N)nc(N(C)C)n2)n1-c1ccc(F)cc1)N(C)C. The van der Waals surface area contributed by atoms with Gasteiger partial charge in [-0.1, -0.05) is 11.8 Å². The number of halogens is 1. The van der Waals surface area contributed by atoms with Gasteiger partial charge in [-0.25, -0.2) is 4.39 Å². The molecule has 0 amide bonds. The molecular weight excluding hydrogens is 405 g/mol. The van der Waals surface area contributed by atoms with E-state index in [1.54, 1.807) is 17.0 Å². The summed E-state index contributed by atoms with van der Waals surface area (Å²) in [5.41, 5.74) is 6.65. The van der Waals surface area contributed by atoms with Gasteiger partial charge in [0.1, 0.15) is 11.6 Å². The highest BCUT2D eigenvalue weighted by Crippen LogP contribution is 2.35. The predicted octanol–water partition coefficient (Wildman–Crippen LogP) is 2.72. The van der Waals surface area contributed by atoms with Crippen LogP contribution in [0.4, 0.5) is 16.3 Å². The second-order valence-corrected chi connectivity index (χ2v) is 8.61. The molecule has 0 fully saturated rings. The molecular formula is C19H26FN9S. The maximum Gasteiger partial charge on any atom is 0.229 e. The Bertz CT molecular complexity index is 1000. The highest BCUT2D eigenvalue weighted by atomic mass is 32.2. The largest absolute Gasteiger partial charge is 0.368 e. The molecule has 0 aliphatic heterocycles. The molecule has 0 bridgehead atoms. The van der Waals surface area contributed by atoms with Gasteiger partial charge in [-0.2, -0.15) is 15.0 Å². The quantitative estimate of drug-likeness (QED) is 0.566. The number of benzene rings is 1. The third-order valence-electron chi connectivity index (χ3n) is 4.60. The van der Waals surface area contributed by atoms with Crippen LogP contribution in [-0.4, -0.2) is 62.8 Å². The van der Waals surface area contributed by atoms with Gasteiger partial charge in [-0.3, -0.25) is 9.47 Å². The number of hydrogen-bond donors (Lipinski definition) is 1. The van der Waals surface area contributed by atoms with E-state index < -0.39 is 0 Å². The van der Waals surface area contributed by atoms with E-state index in [-0.39, 0.29) is 23.1 Å². The molecule has 2 aromatic heterocycles. The van der Waals surface area contributed by atoms with Gasteiger partial charge >= 0.3 is 0 Å². The second-order valence-electron chi connectivity index (χ2n) is 7.30. The molecule has 2 heterocycles. The first kappa shape index (κ1) is 21.9. The molecule has 2 atom stereocenters. The molecule has 11 heteroatoms. The third kappa shape index (κ3) is 4.68. The summed E-state index contributed by atoms with van der Waals surface area (Å²) >= 11 is 1.45. The number of thioether (sulfide) groups is 1. The van der Waals surface area contributed by atoms with Gasteiger partial charge in [-0.15, -0.1) is 10.2 Å². The van der Waals surface area contributed by atoms with Gasteiger partial charge in [-0.05, 0) is 52.2 Å². The summed E-state index contributed by atoms with van der Waals surface area (Å²) in [4.78, 5) is 16.7. The van der Waals surface area contributed by atoms with Crippen LogP contribution in [0.2, 0.25) is 0 Å². The molecule has 2 N–H and O–H groups in total. The van der Waals surface area contributed by atoms with E-state index >= 15 is 0 Å². The van der Waals surface area contributed by atoms with Gasteiger partial charge in [0.25, 0.3) is 0 Å². The number of nitrogen functional groups attached to an aromatic ring is 1. The molecule has 0 radical (unpaired) electrons. The zero-order valence-corrected chi connectivity index (χ0v) is 18.7. The second kappa shape index (κ2) is 8.92. The minimum atomic E-state index is -0.298. The van der Waals surface area contributed by atoms with E-state index in [0.717, 1.165) is 11.5 Å². The molecule has 0 unspecified atom stereocenters. The fraction of sp³-hybridized carbons (Fsp3) is 0.421.